The summed E-state index contributed by atoms with van der Waals surface area (Å²) < 4.78 is 26.9. The molecule has 8 heteroatoms. The van der Waals surface area contributed by atoms with Crippen molar-refractivity contribution in [2.45, 2.75) is 16.3 Å². The minimum Gasteiger partial charge on any atom is -0.348 e. The van der Waals surface area contributed by atoms with Crippen LogP contribution >= 0.6 is 15.9 Å². The number of amides is 2. The van der Waals surface area contributed by atoms with Crippen LogP contribution in [0.5, 0.6) is 0 Å². The van der Waals surface area contributed by atoms with Gasteiger partial charge < -0.3 is 10.6 Å². The van der Waals surface area contributed by atoms with Crippen molar-refractivity contribution in [1.82, 2.24) is 5.32 Å². The van der Waals surface area contributed by atoms with Gasteiger partial charge in [0.15, 0.2) is 0 Å². The average molecular weight is 471 g/mol. The van der Waals surface area contributed by atoms with E-state index >= 15 is 0 Å². The molecule has 146 valence electrons. The molecule has 0 radical (unpaired) electrons. The van der Waals surface area contributed by atoms with Crippen molar-refractivity contribution < 1.29 is 18.0 Å². The number of carbonyl (C=O) groups excluding carboxylic acids is 2. The number of carbonyl (C=O) groups is 2. The first-order valence-electron chi connectivity index (χ1n) is 8.68. The number of nitrogens with one attached hydrogen (secondary N) is 2. The Kier molecular flexibility index (Phi) is 4.97. The Morgan fingerprint density at radius 2 is 1.76 bits per heavy atom. The lowest BCUT2D eigenvalue weighted by molar-refractivity contribution is 0.0949. The highest BCUT2D eigenvalue weighted by molar-refractivity contribution is 9.10. The Morgan fingerprint density at radius 3 is 2.55 bits per heavy atom. The van der Waals surface area contributed by atoms with E-state index in [1.165, 1.54) is 30.3 Å². The SMILES string of the molecule is O=C(NCc1cccc(Br)c1)c1ccc2c(c1)NC(=O)c1ccccc1S2(=O)=O. The van der Waals surface area contributed by atoms with Crippen LogP contribution in [0.15, 0.2) is 81.0 Å². The topological polar surface area (TPSA) is 92.3 Å². The van der Waals surface area contributed by atoms with E-state index in [9.17, 15) is 18.0 Å². The molecular formula is C21H15BrN2O4S. The van der Waals surface area contributed by atoms with Crippen LogP contribution in [0.25, 0.3) is 0 Å². The first kappa shape index (κ1) is 19.4. The predicted molar refractivity (Wildman–Crippen MR) is 112 cm³/mol. The van der Waals surface area contributed by atoms with Gasteiger partial charge in [-0.05, 0) is 48.0 Å². The predicted octanol–water partition coefficient (Wildman–Crippen LogP) is 3.78. The van der Waals surface area contributed by atoms with Crippen molar-refractivity contribution in [3.05, 3.63) is 87.9 Å². The van der Waals surface area contributed by atoms with Gasteiger partial charge >= 0.3 is 0 Å². The molecule has 2 N–H and O–H groups in total. The number of fused-ring (bicyclic) bond motifs is 2. The van der Waals surface area contributed by atoms with E-state index in [0.717, 1.165) is 10.0 Å². The first-order valence-corrected chi connectivity index (χ1v) is 11.0. The molecular weight excluding hydrogens is 456 g/mol. The number of benzene rings is 3. The van der Waals surface area contributed by atoms with E-state index in [4.69, 9.17) is 0 Å². The average Bonchev–Trinajstić information content (AvgIpc) is 2.79. The maximum absolute atomic E-state index is 13.0. The van der Waals surface area contributed by atoms with Gasteiger partial charge in [-0.1, -0.05) is 40.2 Å². The third kappa shape index (κ3) is 3.68. The summed E-state index contributed by atoms with van der Waals surface area (Å²) >= 11 is 3.38. The van der Waals surface area contributed by atoms with Crippen LogP contribution in [0.3, 0.4) is 0 Å². The van der Waals surface area contributed by atoms with Crippen LogP contribution < -0.4 is 10.6 Å². The number of anilines is 1. The molecule has 0 unspecified atom stereocenters. The van der Waals surface area contributed by atoms with Crippen LogP contribution in [-0.4, -0.2) is 20.2 Å². The molecule has 0 saturated heterocycles. The number of halogens is 1. The van der Waals surface area contributed by atoms with Crippen LogP contribution in [0, 0.1) is 0 Å². The fourth-order valence-corrected chi connectivity index (χ4v) is 5.17. The van der Waals surface area contributed by atoms with Gasteiger partial charge in [0.25, 0.3) is 11.8 Å². The Morgan fingerprint density at radius 1 is 0.966 bits per heavy atom. The molecule has 1 aliphatic heterocycles. The summed E-state index contributed by atoms with van der Waals surface area (Å²) in [5.41, 5.74) is 1.32. The zero-order valence-corrected chi connectivity index (χ0v) is 17.4. The van der Waals surface area contributed by atoms with Gasteiger partial charge in [0.1, 0.15) is 0 Å². The second-order valence-electron chi connectivity index (χ2n) is 6.48. The van der Waals surface area contributed by atoms with Crippen molar-refractivity contribution in [3.63, 3.8) is 0 Å². The van der Waals surface area contributed by atoms with Crippen molar-refractivity contribution in [2.24, 2.45) is 0 Å². The Labute approximate surface area is 176 Å². The summed E-state index contributed by atoms with van der Waals surface area (Å²) in [6.45, 7) is 0.311. The second-order valence-corrected chi connectivity index (χ2v) is 9.28. The van der Waals surface area contributed by atoms with E-state index in [1.54, 1.807) is 12.1 Å². The maximum atomic E-state index is 13.0. The lowest BCUT2D eigenvalue weighted by atomic mass is 10.1. The molecule has 3 aromatic carbocycles. The molecule has 0 atom stereocenters. The number of hydrogen-bond donors (Lipinski definition) is 2. The quantitative estimate of drug-likeness (QED) is 0.608. The standard InChI is InChI=1S/C21H15BrN2O4S/c22-15-5-3-4-13(10-15)12-23-20(25)14-8-9-19-17(11-14)24-21(26)16-6-1-2-7-18(16)29(19,27)28/h1-11H,12H2,(H,23,25)(H,24,26). The van der Waals surface area contributed by atoms with E-state index < -0.39 is 15.7 Å². The van der Waals surface area contributed by atoms with Gasteiger partial charge in [-0.25, -0.2) is 8.42 Å². The van der Waals surface area contributed by atoms with Crippen LogP contribution in [0.4, 0.5) is 5.69 Å². The number of rotatable bonds is 3. The smallest absolute Gasteiger partial charge is 0.257 e. The zero-order chi connectivity index (χ0) is 20.6. The largest absolute Gasteiger partial charge is 0.348 e. The monoisotopic (exact) mass is 470 g/mol. The second kappa shape index (κ2) is 7.46. The van der Waals surface area contributed by atoms with Gasteiger partial charge in [-0.2, -0.15) is 0 Å². The molecule has 0 fully saturated rings. The minimum atomic E-state index is -3.89. The van der Waals surface area contributed by atoms with Gasteiger partial charge in [0.2, 0.25) is 9.84 Å². The summed E-state index contributed by atoms with van der Waals surface area (Å²) in [7, 11) is -3.89. The van der Waals surface area contributed by atoms with E-state index in [2.05, 4.69) is 26.6 Å². The van der Waals surface area contributed by atoms with Crippen LogP contribution in [0.1, 0.15) is 26.3 Å². The maximum Gasteiger partial charge on any atom is 0.257 e. The van der Waals surface area contributed by atoms with E-state index in [-0.39, 0.29) is 32.5 Å². The Hall–Kier alpha value is -2.97. The van der Waals surface area contributed by atoms with Gasteiger partial charge in [-0.3, -0.25) is 9.59 Å². The van der Waals surface area contributed by atoms with Crippen molar-refractivity contribution in [1.29, 1.82) is 0 Å². The molecule has 4 rings (SSSR count). The van der Waals surface area contributed by atoms with Gasteiger partial charge in [0, 0.05) is 16.6 Å². The van der Waals surface area contributed by atoms with Crippen molar-refractivity contribution in [3.8, 4) is 0 Å². The lowest BCUT2D eigenvalue weighted by Gasteiger charge is -2.10. The fourth-order valence-electron chi connectivity index (χ4n) is 3.13. The molecule has 3 aromatic rings. The molecule has 0 aromatic heterocycles. The molecule has 6 nitrogen and oxygen atoms in total. The molecule has 0 aliphatic carbocycles. The van der Waals surface area contributed by atoms with Gasteiger partial charge in [-0.15, -0.1) is 0 Å². The highest BCUT2D eigenvalue weighted by Crippen LogP contribution is 2.34. The van der Waals surface area contributed by atoms with Crippen LogP contribution in [-0.2, 0) is 16.4 Å². The van der Waals surface area contributed by atoms with E-state index in [0.29, 0.717) is 6.54 Å². The molecule has 0 saturated carbocycles. The summed E-state index contributed by atoms with van der Waals surface area (Å²) in [6, 6.07) is 17.7. The van der Waals surface area contributed by atoms with Crippen molar-refractivity contribution >= 4 is 43.3 Å². The fraction of sp³-hybridized carbons (Fsp3) is 0.0476. The Bertz CT molecular complexity index is 1260. The molecule has 0 bridgehead atoms. The molecule has 2 amide bonds. The third-order valence-electron chi connectivity index (χ3n) is 4.54. The Balaban J connectivity index is 1.65. The molecule has 1 heterocycles. The zero-order valence-electron chi connectivity index (χ0n) is 15.0. The highest BCUT2D eigenvalue weighted by Gasteiger charge is 2.31. The van der Waals surface area contributed by atoms with E-state index in [1.807, 2.05) is 24.3 Å². The number of sulfone groups is 1. The minimum absolute atomic E-state index is 0.0423. The molecule has 29 heavy (non-hydrogen) atoms. The lowest BCUT2D eigenvalue weighted by Crippen LogP contribution is -2.23. The molecule has 1 aliphatic rings. The summed E-state index contributed by atoms with van der Waals surface area (Å²) in [6.07, 6.45) is 0. The van der Waals surface area contributed by atoms with Crippen LogP contribution in [0.2, 0.25) is 0 Å². The van der Waals surface area contributed by atoms with Crippen molar-refractivity contribution in [2.75, 3.05) is 5.32 Å². The molecule has 0 spiro atoms. The third-order valence-corrected chi connectivity index (χ3v) is 6.91. The summed E-state index contributed by atoms with van der Waals surface area (Å²) in [4.78, 5) is 25.0. The normalized spacial score (nSPS) is 14.2. The summed E-state index contributed by atoms with van der Waals surface area (Å²) in [5, 5.41) is 5.40. The summed E-state index contributed by atoms with van der Waals surface area (Å²) in [5.74, 6) is -0.907. The van der Waals surface area contributed by atoms with Gasteiger partial charge in [0.05, 0.1) is 21.0 Å². The first-order chi connectivity index (χ1) is 13.9. The number of hydrogen-bond acceptors (Lipinski definition) is 4. The highest BCUT2D eigenvalue weighted by atomic mass is 79.9.